The summed E-state index contributed by atoms with van der Waals surface area (Å²) in [6, 6.07) is -0.624. The SMILES string of the molecule is CCCCCCCCCCCCCCCCCC/C=C/C(O)C(CO)NC(=O)CCCCCCCCCCCCCCCCCCCCCCCCCCCCCCCCCCCOC(=O)CCCCCCCCCCCCCCCC. The van der Waals surface area contributed by atoms with Gasteiger partial charge in [-0.1, -0.05) is 405 Å². The van der Waals surface area contributed by atoms with Crippen molar-refractivity contribution in [1.82, 2.24) is 5.32 Å². The summed E-state index contributed by atoms with van der Waals surface area (Å²) in [5.74, 6) is -0.0341. The molecule has 0 heterocycles. The van der Waals surface area contributed by atoms with Gasteiger partial charge in [0.15, 0.2) is 0 Å². The van der Waals surface area contributed by atoms with Crippen LogP contribution in [0.3, 0.4) is 0 Å². The first-order valence-electron chi connectivity index (χ1n) is 38.0. The van der Waals surface area contributed by atoms with Crippen molar-refractivity contribution < 1.29 is 24.5 Å². The van der Waals surface area contributed by atoms with Crippen molar-refractivity contribution in [2.45, 2.75) is 450 Å². The molecule has 0 saturated heterocycles. The Morgan fingerprint density at radius 2 is 0.561 bits per heavy atom. The molecule has 0 aromatic heterocycles. The van der Waals surface area contributed by atoms with Crippen LogP contribution >= 0.6 is 0 Å². The van der Waals surface area contributed by atoms with Gasteiger partial charge in [0.2, 0.25) is 5.91 Å². The van der Waals surface area contributed by atoms with Crippen molar-refractivity contribution in [3.63, 3.8) is 0 Å². The van der Waals surface area contributed by atoms with Crippen LogP contribution in [0, 0.1) is 0 Å². The molecule has 488 valence electrons. The van der Waals surface area contributed by atoms with Crippen molar-refractivity contribution in [2.24, 2.45) is 0 Å². The van der Waals surface area contributed by atoms with Crippen molar-refractivity contribution >= 4 is 11.9 Å². The van der Waals surface area contributed by atoms with Gasteiger partial charge in [0.05, 0.1) is 25.4 Å². The summed E-state index contributed by atoms with van der Waals surface area (Å²) in [7, 11) is 0. The minimum Gasteiger partial charge on any atom is -0.466 e. The van der Waals surface area contributed by atoms with Gasteiger partial charge in [0.25, 0.3) is 0 Å². The Kier molecular flexibility index (Phi) is 70.8. The Morgan fingerprint density at radius 1 is 0.329 bits per heavy atom. The minimum atomic E-state index is -0.841. The second-order valence-corrected chi connectivity index (χ2v) is 26.4. The molecule has 82 heavy (non-hydrogen) atoms. The van der Waals surface area contributed by atoms with Crippen LogP contribution in [0.5, 0.6) is 0 Å². The number of aliphatic hydroxyl groups is 2. The van der Waals surface area contributed by atoms with E-state index in [0.29, 0.717) is 19.4 Å². The third kappa shape index (κ3) is 67.7. The zero-order valence-electron chi connectivity index (χ0n) is 56.0. The molecular formula is C76H149NO5. The van der Waals surface area contributed by atoms with E-state index in [4.69, 9.17) is 4.74 Å². The number of hydrogen-bond donors (Lipinski definition) is 3. The third-order valence-corrected chi connectivity index (χ3v) is 18.1. The summed E-state index contributed by atoms with van der Waals surface area (Å²) in [5.41, 5.74) is 0. The first kappa shape index (κ1) is 80.6. The van der Waals surface area contributed by atoms with Crippen LogP contribution in [0.25, 0.3) is 0 Å². The monoisotopic (exact) mass is 1160 g/mol. The van der Waals surface area contributed by atoms with Crippen LogP contribution in [0.2, 0.25) is 0 Å². The number of ether oxygens (including phenoxy) is 1. The number of aliphatic hydroxyl groups excluding tert-OH is 2. The minimum absolute atomic E-state index is 0.0248. The second-order valence-electron chi connectivity index (χ2n) is 26.4. The topological polar surface area (TPSA) is 95.9 Å². The number of unbranched alkanes of at least 4 members (excludes halogenated alkanes) is 61. The molecule has 3 N–H and O–H groups in total. The summed E-state index contributed by atoms with van der Waals surface area (Å²) in [6.45, 7) is 4.96. The molecule has 2 atom stereocenters. The van der Waals surface area contributed by atoms with Crippen molar-refractivity contribution in [2.75, 3.05) is 13.2 Å². The van der Waals surface area contributed by atoms with E-state index in [1.165, 1.54) is 372 Å². The van der Waals surface area contributed by atoms with Crippen LogP contribution in [0.4, 0.5) is 0 Å². The molecule has 0 bridgehead atoms. The molecule has 0 aliphatic carbocycles. The van der Waals surface area contributed by atoms with Gasteiger partial charge in [-0.15, -0.1) is 0 Å². The predicted molar refractivity (Wildman–Crippen MR) is 361 cm³/mol. The van der Waals surface area contributed by atoms with Gasteiger partial charge in [-0.05, 0) is 32.1 Å². The smallest absolute Gasteiger partial charge is 0.305 e. The van der Waals surface area contributed by atoms with Gasteiger partial charge in [-0.3, -0.25) is 9.59 Å². The average molecular weight is 1160 g/mol. The van der Waals surface area contributed by atoms with Gasteiger partial charge in [0.1, 0.15) is 0 Å². The molecule has 0 aliphatic heterocycles. The van der Waals surface area contributed by atoms with E-state index in [2.05, 4.69) is 19.2 Å². The quantitative estimate of drug-likeness (QED) is 0.0320. The highest BCUT2D eigenvalue weighted by molar-refractivity contribution is 5.76. The van der Waals surface area contributed by atoms with E-state index in [1.54, 1.807) is 6.08 Å². The highest BCUT2D eigenvalue weighted by Crippen LogP contribution is 2.20. The molecular weight excluding hydrogens is 1010 g/mol. The molecule has 2 unspecified atom stereocenters. The lowest BCUT2D eigenvalue weighted by Gasteiger charge is -2.20. The zero-order valence-corrected chi connectivity index (χ0v) is 56.0. The highest BCUT2D eigenvalue weighted by Gasteiger charge is 2.18. The average Bonchev–Trinajstić information content (AvgIpc) is 3.48. The number of carbonyl (C=O) groups excluding carboxylic acids is 2. The van der Waals surface area contributed by atoms with Gasteiger partial charge in [-0.25, -0.2) is 0 Å². The Bertz CT molecular complexity index is 1240. The molecule has 0 fully saturated rings. The fraction of sp³-hybridized carbons (Fsp3) is 0.947. The van der Waals surface area contributed by atoms with E-state index in [-0.39, 0.29) is 18.5 Å². The Labute approximate surface area is 514 Å². The normalized spacial score (nSPS) is 12.5. The second kappa shape index (κ2) is 72.1. The van der Waals surface area contributed by atoms with Crippen molar-refractivity contribution in [3.8, 4) is 0 Å². The van der Waals surface area contributed by atoms with E-state index in [9.17, 15) is 19.8 Å². The number of nitrogens with one attached hydrogen (secondary N) is 1. The third-order valence-electron chi connectivity index (χ3n) is 18.1. The molecule has 0 aromatic carbocycles. The summed E-state index contributed by atoms with van der Waals surface area (Å²) < 4.78 is 5.50. The van der Waals surface area contributed by atoms with E-state index in [0.717, 1.165) is 38.5 Å². The van der Waals surface area contributed by atoms with E-state index >= 15 is 0 Å². The fourth-order valence-corrected chi connectivity index (χ4v) is 12.3. The zero-order chi connectivity index (χ0) is 59.2. The maximum atomic E-state index is 12.5. The summed E-state index contributed by atoms with van der Waals surface area (Å²) in [4.78, 5) is 24.6. The maximum Gasteiger partial charge on any atom is 0.305 e. The van der Waals surface area contributed by atoms with E-state index in [1.807, 2.05) is 6.08 Å². The Morgan fingerprint density at radius 3 is 0.829 bits per heavy atom. The fourth-order valence-electron chi connectivity index (χ4n) is 12.3. The molecule has 0 aromatic rings. The van der Waals surface area contributed by atoms with E-state index < -0.39 is 12.1 Å². The van der Waals surface area contributed by atoms with Gasteiger partial charge in [-0.2, -0.15) is 0 Å². The number of esters is 1. The number of allylic oxidation sites excluding steroid dienone is 1. The lowest BCUT2D eigenvalue weighted by Crippen LogP contribution is -2.45. The van der Waals surface area contributed by atoms with Crippen LogP contribution in [0.15, 0.2) is 12.2 Å². The van der Waals surface area contributed by atoms with Crippen LogP contribution in [-0.2, 0) is 14.3 Å². The summed E-state index contributed by atoms with van der Waals surface area (Å²) >= 11 is 0. The number of amides is 1. The van der Waals surface area contributed by atoms with Crippen LogP contribution < -0.4 is 5.32 Å². The molecule has 0 saturated carbocycles. The van der Waals surface area contributed by atoms with Crippen molar-refractivity contribution in [1.29, 1.82) is 0 Å². The predicted octanol–water partition coefficient (Wildman–Crippen LogP) is 24.7. The summed E-state index contributed by atoms with van der Waals surface area (Å²) in [6.07, 6.45) is 90.4. The Balaban J connectivity index is 3.32. The number of carbonyl (C=O) groups is 2. The number of hydrogen-bond acceptors (Lipinski definition) is 5. The molecule has 0 rings (SSSR count). The largest absolute Gasteiger partial charge is 0.466 e. The highest BCUT2D eigenvalue weighted by atomic mass is 16.5. The number of rotatable bonds is 72. The van der Waals surface area contributed by atoms with Gasteiger partial charge < -0.3 is 20.3 Å². The van der Waals surface area contributed by atoms with Crippen molar-refractivity contribution in [3.05, 3.63) is 12.2 Å². The lowest BCUT2D eigenvalue weighted by molar-refractivity contribution is -0.143. The summed E-state index contributed by atoms with van der Waals surface area (Å²) in [5, 5.41) is 23.2. The molecule has 0 aliphatic rings. The molecule has 6 heteroatoms. The van der Waals surface area contributed by atoms with Crippen LogP contribution in [-0.4, -0.2) is 47.4 Å². The molecule has 0 radical (unpaired) electrons. The van der Waals surface area contributed by atoms with Crippen LogP contribution in [0.1, 0.15) is 438 Å². The first-order valence-corrected chi connectivity index (χ1v) is 38.0. The molecule has 1 amide bonds. The molecule has 6 nitrogen and oxygen atoms in total. The van der Waals surface area contributed by atoms with Gasteiger partial charge in [0, 0.05) is 12.8 Å². The first-order chi connectivity index (χ1) is 40.5. The van der Waals surface area contributed by atoms with Gasteiger partial charge >= 0.3 is 5.97 Å². The molecule has 0 spiro atoms. The maximum absolute atomic E-state index is 12.5. The Hall–Kier alpha value is -1.40. The lowest BCUT2D eigenvalue weighted by atomic mass is 10.0. The standard InChI is InChI=1S/C76H149NO5/c1-3-5-7-9-11-13-15-17-19-20-38-41-44-48-52-56-60-64-68-74(79)73(72-78)77-75(80)69-65-61-57-53-49-45-42-39-36-34-32-30-28-26-24-22-21-23-25-27-29-31-33-35-37-40-43-47-51-55-59-63-67-71-82-76(81)70-66-62-58-54-50-46-18-16-14-12-10-8-6-4-2/h64,68,73-74,78-79H,3-63,65-67,69-72H2,1-2H3,(H,77,80)/b68-64+.